The molecular weight excluding hydrogens is 370 g/mol. The van der Waals surface area contributed by atoms with Gasteiger partial charge in [-0.25, -0.2) is 0 Å². The van der Waals surface area contributed by atoms with Crippen molar-refractivity contribution in [2.45, 2.75) is 12.8 Å². The Labute approximate surface area is 169 Å². The molecule has 29 heavy (non-hydrogen) atoms. The molecule has 1 saturated heterocycles. The number of rotatable bonds is 7. The largest absolute Gasteiger partial charge is 0.497 e. The molecule has 7 nitrogen and oxygen atoms in total. The Hall–Kier alpha value is -3.35. The number of benzene rings is 2. The minimum absolute atomic E-state index is 0.00314. The van der Waals surface area contributed by atoms with Crippen LogP contribution in [0.25, 0.3) is 11.5 Å². The van der Waals surface area contributed by atoms with E-state index in [0.717, 1.165) is 24.3 Å². The van der Waals surface area contributed by atoms with Crippen LogP contribution < -0.4 is 9.47 Å². The van der Waals surface area contributed by atoms with Crippen molar-refractivity contribution in [2.75, 3.05) is 26.8 Å². The fraction of sp³-hybridized carbons (Fsp3) is 0.318. The van der Waals surface area contributed by atoms with Gasteiger partial charge in [0.05, 0.1) is 7.11 Å². The van der Waals surface area contributed by atoms with Crippen LogP contribution in [0.2, 0.25) is 0 Å². The van der Waals surface area contributed by atoms with E-state index < -0.39 is 0 Å². The summed E-state index contributed by atoms with van der Waals surface area (Å²) in [6.45, 7) is 1.47. The lowest BCUT2D eigenvalue weighted by atomic mass is 10.1. The van der Waals surface area contributed by atoms with Crippen molar-refractivity contribution >= 4 is 5.91 Å². The highest BCUT2D eigenvalue weighted by Gasteiger charge is 2.28. The molecule has 1 fully saturated rings. The van der Waals surface area contributed by atoms with Gasteiger partial charge in [0.2, 0.25) is 0 Å². The van der Waals surface area contributed by atoms with Gasteiger partial charge in [0, 0.05) is 25.1 Å². The maximum absolute atomic E-state index is 12.4. The fourth-order valence-corrected chi connectivity index (χ4v) is 3.42. The molecule has 2 heterocycles. The molecule has 1 atom stereocenters. The van der Waals surface area contributed by atoms with E-state index in [4.69, 9.17) is 14.0 Å². The molecule has 4 rings (SSSR count). The summed E-state index contributed by atoms with van der Waals surface area (Å²) in [5.41, 5.74) is 0.853. The van der Waals surface area contributed by atoms with Crippen LogP contribution in [-0.2, 0) is 11.2 Å². The third kappa shape index (κ3) is 4.74. The number of carbonyl (C=O) groups is 1. The number of hydrogen-bond donors (Lipinski definition) is 0. The van der Waals surface area contributed by atoms with Crippen molar-refractivity contribution in [3.8, 4) is 23.0 Å². The lowest BCUT2D eigenvalue weighted by molar-refractivity contribution is -0.132. The van der Waals surface area contributed by atoms with E-state index in [2.05, 4.69) is 10.1 Å². The van der Waals surface area contributed by atoms with Crippen LogP contribution in [0.15, 0.2) is 59.1 Å². The summed E-state index contributed by atoms with van der Waals surface area (Å²) >= 11 is 0. The minimum Gasteiger partial charge on any atom is -0.497 e. The highest BCUT2D eigenvalue weighted by atomic mass is 16.5. The molecule has 0 aliphatic carbocycles. The summed E-state index contributed by atoms with van der Waals surface area (Å²) in [6.07, 6.45) is 1.60. The van der Waals surface area contributed by atoms with E-state index in [1.807, 2.05) is 59.5 Å². The maximum Gasteiger partial charge on any atom is 0.260 e. The molecule has 1 aliphatic heterocycles. The molecule has 1 unspecified atom stereocenters. The first kappa shape index (κ1) is 19.0. The predicted octanol–water partition coefficient (Wildman–Crippen LogP) is 3.22. The maximum atomic E-state index is 12.4. The first-order valence-corrected chi connectivity index (χ1v) is 9.64. The standard InChI is InChI=1S/C22H23N3O4/c1-27-18-9-7-17(8-10-18)22-23-20(24-29-22)13-16-11-12-25(14-16)21(26)15-28-19-5-3-2-4-6-19/h2-10,16H,11-15H2,1H3. The molecule has 1 aromatic heterocycles. The van der Waals surface area contributed by atoms with Crippen molar-refractivity contribution in [3.63, 3.8) is 0 Å². The van der Waals surface area contributed by atoms with Crippen LogP contribution in [-0.4, -0.2) is 47.8 Å². The lowest BCUT2D eigenvalue weighted by Crippen LogP contribution is -2.33. The number of para-hydroxylation sites is 1. The zero-order chi connectivity index (χ0) is 20.1. The molecule has 0 N–H and O–H groups in total. The first-order chi connectivity index (χ1) is 14.2. The zero-order valence-corrected chi connectivity index (χ0v) is 16.3. The molecule has 3 aromatic rings. The molecule has 1 amide bonds. The number of amides is 1. The smallest absolute Gasteiger partial charge is 0.260 e. The molecule has 2 aromatic carbocycles. The number of methoxy groups -OCH3 is 1. The summed E-state index contributed by atoms with van der Waals surface area (Å²) in [5.74, 6) is 2.95. The van der Waals surface area contributed by atoms with Gasteiger partial charge < -0.3 is 18.9 Å². The highest BCUT2D eigenvalue weighted by molar-refractivity contribution is 5.78. The highest BCUT2D eigenvalue weighted by Crippen LogP contribution is 2.24. The van der Waals surface area contributed by atoms with E-state index in [-0.39, 0.29) is 12.5 Å². The van der Waals surface area contributed by atoms with Crippen molar-refractivity contribution in [3.05, 3.63) is 60.4 Å². The Bertz CT molecular complexity index is 940. The van der Waals surface area contributed by atoms with Gasteiger partial charge in [-0.05, 0) is 48.7 Å². The van der Waals surface area contributed by atoms with Gasteiger partial charge in [0.25, 0.3) is 11.8 Å². The molecule has 0 bridgehead atoms. The number of nitrogens with zero attached hydrogens (tertiary/aromatic N) is 3. The Morgan fingerprint density at radius 1 is 1.14 bits per heavy atom. The zero-order valence-electron chi connectivity index (χ0n) is 16.3. The van der Waals surface area contributed by atoms with Crippen molar-refractivity contribution in [2.24, 2.45) is 5.92 Å². The van der Waals surface area contributed by atoms with Gasteiger partial charge in [0.15, 0.2) is 12.4 Å². The van der Waals surface area contributed by atoms with Gasteiger partial charge in [-0.1, -0.05) is 23.4 Å². The van der Waals surface area contributed by atoms with Gasteiger partial charge >= 0.3 is 0 Å². The minimum atomic E-state index is 0.00314. The lowest BCUT2D eigenvalue weighted by Gasteiger charge is -2.16. The number of aromatic nitrogens is 2. The average molecular weight is 393 g/mol. The Morgan fingerprint density at radius 2 is 1.93 bits per heavy atom. The SMILES string of the molecule is COc1ccc(-c2nc(CC3CCN(C(=O)COc4ccccc4)C3)no2)cc1. The van der Waals surface area contributed by atoms with Crippen LogP contribution in [0.5, 0.6) is 11.5 Å². The topological polar surface area (TPSA) is 77.7 Å². The van der Waals surface area contributed by atoms with Crippen molar-refractivity contribution < 1.29 is 18.8 Å². The second-order valence-corrected chi connectivity index (χ2v) is 7.04. The second-order valence-electron chi connectivity index (χ2n) is 7.04. The van der Waals surface area contributed by atoms with Crippen LogP contribution in [0.4, 0.5) is 0 Å². The Balaban J connectivity index is 1.28. The summed E-state index contributed by atoms with van der Waals surface area (Å²) in [5, 5.41) is 4.10. The number of ether oxygens (including phenoxy) is 2. The normalized spacial score (nSPS) is 16.0. The van der Waals surface area contributed by atoms with Crippen LogP contribution in [0.3, 0.4) is 0 Å². The first-order valence-electron chi connectivity index (χ1n) is 9.64. The van der Waals surface area contributed by atoms with Crippen LogP contribution >= 0.6 is 0 Å². The summed E-state index contributed by atoms with van der Waals surface area (Å²) in [7, 11) is 1.63. The van der Waals surface area contributed by atoms with Crippen LogP contribution in [0.1, 0.15) is 12.2 Å². The average Bonchev–Trinajstić information content (AvgIpc) is 3.43. The van der Waals surface area contributed by atoms with Gasteiger partial charge in [-0.2, -0.15) is 4.98 Å². The molecule has 150 valence electrons. The molecule has 0 radical (unpaired) electrons. The fourth-order valence-electron chi connectivity index (χ4n) is 3.42. The quantitative estimate of drug-likeness (QED) is 0.613. The third-order valence-electron chi connectivity index (χ3n) is 5.02. The molecule has 1 aliphatic rings. The van der Waals surface area contributed by atoms with Crippen molar-refractivity contribution in [1.29, 1.82) is 0 Å². The third-order valence-corrected chi connectivity index (χ3v) is 5.02. The molecule has 7 heteroatoms. The van der Waals surface area contributed by atoms with Gasteiger partial charge in [-0.3, -0.25) is 4.79 Å². The van der Waals surface area contributed by atoms with Gasteiger partial charge in [0.1, 0.15) is 11.5 Å². The predicted molar refractivity (Wildman–Crippen MR) is 107 cm³/mol. The second kappa shape index (κ2) is 8.77. The van der Waals surface area contributed by atoms with Gasteiger partial charge in [-0.15, -0.1) is 0 Å². The Kier molecular flexibility index (Phi) is 5.74. The summed E-state index contributed by atoms with van der Waals surface area (Å²) in [6, 6.07) is 16.9. The molecule has 0 spiro atoms. The number of hydrogen-bond acceptors (Lipinski definition) is 6. The molecule has 0 saturated carbocycles. The monoisotopic (exact) mass is 393 g/mol. The van der Waals surface area contributed by atoms with E-state index in [1.54, 1.807) is 7.11 Å². The van der Waals surface area contributed by atoms with E-state index in [0.29, 0.717) is 36.3 Å². The van der Waals surface area contributed by atoms with Crippen molar-refractivity contribution in [1.82, 2.24) is 15.0 Å². The summed E-state index contributed by atoms with van der Waals surface area (Å²) in [4.78, 5) is 18.7. The number of likely N-dealkylation sites (tertiary alicyclic amines) is 1. The number of carbonyl (C=O) groups excluding carboxylic acids is 1. The Morgan fingerprint density at radius 3 is 2.69 bits per heavy atom. The van der Waals surface area contributed by atoms with E-state index in [9.17, 15) is 4.79 Å². The van der Waals surface area contributed by atoms with E-state index in [1.165, 1.54) is 0 Å². The van der Waals surface area contributed by atoms with E-state index >= 15 is 0 Å². The summed E-state index contributed by atoms with van der Waals surface area (Å²) < 4.78 is 16.1. The molecular formula is C22H23N3O4. The van der Waals surface area contributed by atoms with Crippen LogP contribution in [0, 0.1) is 5.92 Å².